The third-order valence-electron chi connectivity index (χ3n) is 15.7. The fraction of sp³-hybridized carbons (Fsp3) is 0.207. The molecule has 3 nitrogen and oxygen atoms in total. The number of aromatic nitrogens is 2. The van der Waals surface area contributed by atoms with E-state index >= 15 is 0 Å². The van der Waals surface area contributed by atoms with Crippen molar-refractivity contribution in [2.24, 2.45) is 17.8 Å². The van der Waals surface area contributed by atoms with Crippen LogP contribution in [0.1, 0.15) is 72.8 Å². The molecule has 15 rings (SSSR count). The van der Waals surface area contributed by atoms with Crippen LogP contribution in [-0.2, 0) is 10.8 Å². The first-order valence-electron chi connectivity index (χ1n) is 22.6. The van der Waals surface area contributed by atoms with Gasteiger partial charge in [0.15, 0.2) is 5.82 Å². The lowest BCUT2D eigenvalue weighted by atomic mass is 9.60. The summed E-state index contributed by atoms with van der Waals surface area (Å²) >= 11 is 1.85. The molecule has 3 heterocycles. The molecule has 4 bridgehead atoms. The summed E-state index contributed by atoms with van der Waals surface area (Å²) in [6.07, 6.45) is 9.80. The lowest BCUT2D eigenvalue weighted by molar-refractivity contribution is 0.101. The van der Waals surface area contributed by atoms with Gasteiger partial charge >= 0.3 is 0 Å². The monoisotopic (exact) mass is 816 g/mol. The lowest BCUT2D eigenvalue weighted by Gasteiger charge is -2.45. The first-order chi connectivity index (χ1) is 30.6. The number of benzene rings is 7. The molecule has 298 valence electrons. The molecule has 2 atom stereocenters. The molecule has 0 amide bonds. The van der Waals surface area contributed by atoms with Crippen molar-refractivity contribution in [1.82, 2.24) is 9.97 Å². The van der Waals surface area contributed by atoms with Crippen molar-refractivity contribution in [2.75, 3.05) is 0 Å². The normalized spacial score (nSPS) is 22.2. The van der Waals surface area contributed by atoms with Crippen LogP contribution in [0.15, 0.2) is 164 Å². The highest BCUT2D eigenvalue weighted by atomic mass is 32.1. The van der Waals surface area contributed by atoms with Gasteiger partial charge in [-0.15, -0.1) is 11.3 Å². The molecule has 4 saturated carbocycles. The molecule has 2 aromatic heterocycles. The van der Waals surface area contributed by atoms with Gasteiger partial charge < -0.3 is 4.74 Å². The second kappa shape index (κ2) is 13.1. The van der Waals surface area contributed by atoms with Crippen molar-refractivity contribution in [3.8, 4) is 56.5 Å². The summed E-state index contributed by atoms with van der Waals surface area (Å²) in [6.45, 7) is 0. The van der Waals surface area contributed by atoms with E-state index in [0.29, 0.717) is 11.2 Å². The van der Waals surface area contributed by atoms with Gasteiger partial charge in [0, 0.05) is 42.4 Å². The fourth-order valence-electron chi connectivity index (χ4n) is 13.1. The SMILES string of the molecule is c1ccc2c(c1)Oc1c(-c3nc(-c4ccc(C56CC[C@H](CC7CC(C7)C5)C6)cc4)cc(-c4ccc5sc6ccccc6c5c4)n3)cccc1C21c2ccccc2-c2ccccc21. The van der Waals surface area contributed by atoms with Crippen molar-refractivity contribution in [1.29, 1.82) is 0 Å². The van der Waals surface area contributed by atoms with E-state index in [1.165, 1.54) is 92.9 Å². The minimum absolute atomic E-state index is 0.324. The van der Waals surface area contributed by atoms with Crippen molar-refractivity contribution in [3.05, 3.63) is 192 Å². The van der Waals surface area contributed by atoms with Crippen LogP contribution in [0.2, 0.25) is 0 Å². The maximum absolute atomic E-state index is 7.13. The highest BCUT2D eigenvalue weighted by Gasteiger charge is 2.52. The van der Waals surface area contributed by atoms with Gasteiger partial charge in [-0.2, -0.15) is 0 Å². The highest BCUT2D eigenvalue weighted by Crippen LogP contribution is 2.63. The van der Waals surface area contributed by atoms with Crippen LogP contribution in [0.3, 0.4) is 0 Å². The number of hydrogen-bond acceptors (Lipinski definition) is 4. The number of para-hydroxylation sites is 2. The van der Waals surface area contributed by atoms with E-state index in [1.807, 2.05) is 11.3 Å². The van der Waals surface area contributed by atoms with Gasteiger partial charge in [0.25, 0.3) is 0 Å². The van der Waals surface area contributed by atoms with E-state index in [2.05, 4.69) is 164 Å². The summed E-state index contributed by atoms with van der Waals surface area (Å²) in [5.74, 6) is 5.13. The van der Waals surface area contributed by atoms with Crippen LogP contribution < -0.4 is 4.74 Å². The number of fused-ring (bicyclic) bond motifs is 12. The van der Waals surface area contributed by atoms with E-state index in [0.717, 1.165) is 68.5 Å². The van der Waals surface area contributed by atoms with Crippen LogP contribution in [0.25, 0.3) is 65.2 Å². The van der Waals surface area contributed by atoms with Crippen molar-refractivity contribution in [2.45, 2.75) is 55.8 Å². The van der Waals surface area contributed by atoms with Crippen LogP contribution in [0.5, 0.6) is 11.5 Å². The maximum Gasteiger partial charge on any atom is 0.164 e. The zero-order valence-corrected chi connectivity index (χ0v) is 35.3. The molecule has 7 aromatic carbocycles. The molecule has 9 aromatic rings. The van der Waals surface area contributed by atoms with Gasteiger partial charge in [-0.3, -0.25) is 0 Å². The van der Waals surface area contributed by atoms with E-state index in [4.69, 9.17) is 14.7 Å². The maximum atomic E-state index is 7.13. The molecule has 0 saturated heterocycles. The Morgan fingerprint density at radius 1 is 0.500 bits per heavy atom. The van der Waals surface area contributed by atoms with Crippen molar-refractivity contribution >= 4 is 31.5 Å². The van der Waals surface area contributed by atoms with Crippen LogP contribution in [0, 0.1) is 17.8 Å². The number of hydrogen-bond donors (Lipinski definition) is 0. The van der Waals surface area contributed by atoms with Gasteiger partial charge in [0.1, 0.15) is 11.5 Å². The van der Waals surface area contributed by atoms with E-state index in [1.54, 1.807) is 0 Å². The number of nitrogens with zero attached hydrogens (tertiary/aromatic N) is 2. The smallest absolute Gasteiger partial charge is 0.164 e. The largest absolute Gasteiger partial charge is 0.456 e. The van der Waals surface area contributed by atoms with Gasteiger partial charge in [0.2, 0.25) is 0 Å². The molecular weight excluding hydrogens is 773 g/mol. The topological polar surface area (TPSA) is 35.0 Å². The average molecular weight is 817 g/mol. The van der Waals surface area contributed by atoms with E-state index in [9.17, 15) is 0 Å². The van der Waals surface area contributed by atoms with Crippen molar-refractivity contribution in [3.63, 3.8) is 0 Å². The lowest BCUT2D eigenvalue weighted by Crippen LogP contribution is -2.36. The average Bonchev–Trinajstić information content (AvgIpc) is 4.01. The molecule has 1 aliphatic heterocycles. The molecule has 62 heavy (non-hydrogen) atoms. The van der Waals surface area contributed by atoms with Gasteiger partial charge in [-0.05, 0) is 132 Å². The third kappa shape index (κ3) is 4.99. The Morgan fingerprint density at radius 2 is 1.13 bits per heavy atom. The minimum Gasteiger partial charge on any atom is -0.456 e. The summed E-state index contributed by atoms with van der Waals surface area (Å²) in [4.78, 5) is 11.0. The Hall–Kier alpha value is -6.36. The quantitative estimate of drug-likeness (QED) is 0.177. The Morgan fingerprint density at radius 3 is 1.95 bits per heavy atom. The van der Waals surface area contributed by atoms with Crippen LogP contribution >= 0.6 is 11.3 Å². The molecular formula is C58H44N2OS. The second-order valence-electron chi connectivity index (χ2n) is 19.0. The molecule has 1 unspecified atom stereocenters. The predicted octanol–water partition coefficient (Wildman–Crippen LogP) is 15.2. The number of thiophene rings is 1. The Bertz CT molecular complexity index is 3260. The summed E-state index contributed by atoms with van der Waals surface area (Å²) in [5.41, 5.74) is 13.6. The first-order valence-corrected chi connectivity index (χ1v) is 23.5. The highest BCUT2D eigenvalue weighted by molar-refractivity contribution is 7.25. The third-order valence-corrected chi connectivity index (χ3v) is 16.8. The molecule has 4 heteroatoms. The predicted molar refractivity (Wildman–Crippen MR) is 253 cm³/mol. The zero-order chi connectivity index (χ0) is 40.6. The second-order valence-corrected chi connectivity index (χ2v) is 20.1. The number of rotatable bonds is 4. The summed E-state index contributed by atoms with van der Waals surface area (Å²) < 4.78 is 9.71. The molecule has 6 aliphatic rings. The summed E-state index contributed by atoms with van der Waals surface area (Å²) in [6, 6.07) is 60.4. The molecule has 1 spiro atoms. The van der Waals surface area contributed by atoms with Gasteiger partial charge in [-0.1, -0.05) is 127 Å². The Balaban J connectivity index is 0.966. The van der Waals surface area contributed by atoms with Gasteiger partial charge in [-0.25, -0.2) is 9.97 Å². The van der Waals surface area contributed by atoms with Crippen LogP contribution in [0.4, 0.5) is 0 Å². The molecule has 5 aliphatic carbocycles. The van der Waals surface area contributed by atoms with E-state index < -0.39 is 5.41 Å². The Labute approximate surface area is 366 Å². The summed E-state index contributed by atoms with van der Waals surface area (Å²) in [7, 11) is 0. The summed E-state index contributed by atoms with van der Waals surface area (Å²) in [5, 5.41) is 2.55. The standard InChI is InChI=1S/C58H44N2OS/c1-4-14-46-41(10-1)42-11-2-5-15-47(42)58(46)48-16-6-7-18-52(48)61-55-44(13-9-17-49(55)58)56-59-50(32-51(60-56)39-22-25-54-45(31-39)43-12-3-8-19-53(43)62-54)38-20-23-40(24-21-38)57-27-26-35(33-57)28-36-29-37(30-36)34-57/h1-25,31-32,35-37H,26-30,33-34H2/t35-,36?,37?,57?/m1/s1. The van der Waals surface area contributed by atoms with Crippen molar-refractivity contribution < 1.29 is 4.74 Å². The molecule has 0 N–H and O–H groups in total. The minimum atomic E-state index is -0.565. The zero-order valence-electron chi connectivity index (χ0n) is 34.5. The van der Waals surface area contributed by atoms with Gasteiger partial charge in [0.05, 0.1) is 22.4 Å². The Kier molecular flexibility index (Phi) is 7.44. The molecule has 4 fully saturated rings. The van der Waals surface area contributed by atoms with Crippen LogP contribution in [-0.4, -0.2) is 9.97 Å². The number of ether oxygens (including phenoxy) is 1. The molecule has 0 radical (unpaired) electrons. The van der Waals surface area contributed by atoms with E-state index in [-0.39, 0.29) is 0 Å². The first kappa shape index (κ1) is 35.3. The fourth-order valence-corrected chi connectivity index (χ4v) is 14.1.